The van der Waals surface area contributed by atoms with Crippen LogP contribution in [0.2, 0.25) is 0 Å². The number of nitrogens with zero attached hydrogens (tertiary/aromatic N) is 1. The number of H-pyrrole nitrogens is 1. The fourth-order valence-electron chi connectivity index (χ4n) is 0.721. The Morgan fingerprint density at radius 2 is 2.27 bits per heavy atom. The number of aromatic nitrogens is 2. The lowest BCUT2D eigenvalue weighted by Gasteiger charge is -2.02. The van der Waals surface area contributed by atoms with Crippen molar-refractivity contribution in [3.05, 3.63) is 18.2 Å². The molecule has 0 unspecified atom stereocenters. The van der Waals surface area contributed by atoms with Gasteiger partial charge in [-0.15, -0.1) is 0 Å². The maximum atomic E-state index is 10.3. The number of carbonyl (C=O) groups is 1. The first-order valence-corrected chi connectivity index (χ1v) is 4.38. The summed E-state index contributed by atoms with van der Waals surface area (Å²) in [7, 11) is 0. The average Bonchev–Trinajstić information content (AvgIpc) is 2.70. The Morgan fingerprint density at radius 3 is 2.60 bits per heavy atom. The number of hydrogen-bond donors (Lipinski definition) is 5. The zero-order valence-electron chi connectivity index (χ0n) is 8.26. The van der Waals surface area contributed by atoms with Gasteiger partial charge in [0.25, 0.3) is 0 Å². The minimum absolute atomic E-state index is 0.0972. The molecule has 7 heteroatoms. The number of rotatable bonds is 4. The van der Waals surface area contributed by atoms with Crippen LogP contribution in [0.25, 0.3) is 0 Å². The molecule has 0 radical (unpaired) electrons. The summed E-state index contributed by atoms with van der Waals surface area (Å²) in [4.78, 5) is 16.8. The van der Waals surface area contributed by atoms with Crippen molar-refractivity contribution in [2.45, 2.75) is 12.5 Å². The second-order valence-corrected chi connectivity index (χ2v) is 2.74. The second-order valence-electron chi connectivity index (χ2n) is 2.74. The van der Waals surface area contributed by atoms with Crippen LogP contribution in [0.5, 0.6) is 0 Å². The number of imidazole rings is 1. The summed E-state index contributed by atoms with van der Waals surface area (Å²) in [5, 5.41) is 16.2. The van der Waals surface area contributed by atoms with Crippen molar-refractivity contribution in [1.29, 1.82) is 0 Å². The van der Waals surface area contributed by atoms with Crippen molar-refractivity contribution in [3.63, 3.8) is 0 Å². The summed E-state index contributed by atoms with van der Waals surface area (Å²) in [5.74, 6) is -1.00. The van der Waals surface area contributed by atoms with Crippen LogP contribution in [0.1, 0.15) is 5.69 Å². The molecule has 1 atom stereocenters. The molecule has 0 aromatic carbocycles. The van der Waals surface area contributed by atoms with Gasteiger partial charge in [0.15, 0.2) is 0 Å². The number of nitrogens with two attached hydrogens (primary N) is 2. The van der Waals surface area contributed by atoms with Crippen molar-refractivity contribution >= 4 is 5.97 Å². The minimum atomic E-state index is -1.00. The lowest BCUT2D eigenvalue weighted by Crippen LogP contribution is -2.32. The van der Waals surface area contributed by atoms with Crippen molar-refractivity contribution in [2.24, 2.45) is 11.5 Å². The third-order valence-electron chi connectivity index (χ3n) is 1.44. The van der Waals surface area contributed by atoms with Gasteiger partial charge in [0.2, 0.25) is 0 Å². The van der Waals surface area contributed by atoms with Gasteiger partial charge >= 0.3 is 5.97 Å². The molecule has 0 spiro atoms. The van der Waals surface area contributed by atoms with E-state index in [1.165, 1.54) is 6.33 Å². The summed E-state index contributed by atoms with van der Waals surface area (Å²) in [6, 6.07) is -0.851. The van der Waals surface area contributed by atoms with Crippen molar-refractivity contribution in [3.8, 4) is 0 Å². The zero-order valence-corrected chi connectivity index (χ0v) is 8.26. The van der Waals surface area contributed by atoms with Crippen LogP contribution in [-0.4, -0.2) is 45.3 Å². The zero-order chi connectivity index (χ0) is 11.7. The van der Waals surface area contributed by atoms with Crippen molar-refractivity contribution in [1.82, 2.24) is 9.97 Å². The molecule has 0 aliphatic carbocycles. The second kappa shape index (κ2) is 7.92. The fourth-order valence-corrected chi connectivity index (χ4v) is 0.721. The highest BCUT2D eigenvalue weighted by atomic mass is 16.4. The quantitative estimate of drug-likeness (QED) is 0.406. The fraction of sp³-hybridized carbons (Fsp3) is 0.500. The van der Waals surface area contributed by atoms with Crippen LogP contribution in [0.15, 0.2) is 12.5 Å². The van der Waals surface area contributed by atoms with Crippen molar-refractivity contribution < 1.29 is 15.0 Å². The SMILES string of the molecule is NCCO.N[C@@H](Cc1cnc[nH]1)C(=O)O. The number of aliphatic carboxylic acids is 1. The van der Waals surface area contributed by atoms with Gasteiger partial charge in [-0.05, 0) is 0 Å². The Kier molecular flexibility index (Phi) is 7.16. The van der Waals surface area contributed by atoms with Gasteiger partial charge in [-0.3, -0.25) is 4.79 Å². The number of carboxylic acids is 1. The molecule has 0 aliphatic heterocycles. The van der Waals surface area contributed by atoms with Crippen LogP contribution in [0.4, 0.5) is 0 Å². The lowest BCUT2D eigenvalue weighted by molar-refractivity contribution is -0.138. The van der Waals surface area contributed by atoms with Crippen LogP contribution in [0.3, 0.4) is 0 Å². The Bertz CT molecular complexity index is 261. The number of aliphatic hydroxyl groups is 1. The predicted octanol–water partition coefficient (Wildman–Crippen LogP) is -1.70. The van der Waals surface area contributed by atoms with E-state index < -0.39 is 12.0 Å². The minimum Gasteiger partial charge on any atom is -0.480 e. The molecule has 86 valence electrons. The number of aliphatic hydroxyl groups excluding tert-OH is 1. The third-order valence-corrected chi connectivity index (χ3v) is 1.44. The van der Waals surface area contributed by atoms with Crippen LogP contribution in [-0.2, 0) is 11.2 Å². The number of nitrogens with one attached hydrogen (secondary N) is 1. The highest BCUT2D eigenvalue weighted by Crippen LogP contribution is 1.95. The molecule has 7 N–H and O–H groups in total. The normalized spacial score (nSPS) is 11.4. The summed E-state index contributed by atoms with van der Waals surface area (Å²) < 4.78 is 0. The molecule has 0 fully saturated rings. The molecule has 0 aliphatic rings. The first kappa shape index (κ1) is 13.6. The molecule has 0 amide bonds. The van der Waals surface area contributed by atoms with E-state index in [2.05, 4.69) is 9.97 Å². The van der Waals surface area contributed by atoms with Crippen molar-refractivity contribution in [2.75, 3.05) is 13.2 Å². The molecule has 1 aromatic heterocycles. The monoisotopic (exact) mass is 216 g/mol. The van der Waals surface area contributed by atoms with Gasteiger partial charge in [0, 0.05) is 24.9 Å². The van der Waals surface area contributed by atoms with E-state index in [-0.39, 0.29) is 13.0 Å². The van der Waals surface area contributed by atoms with Gasteiger partial charge in [0.05, 0.1) is 12.9 Å². The lowest BCUT2D eigenvalue weighted by atomic mass is 10.2. The van der Waals surface area contributed by atoms with Crippen LogP contribution >= 0.6 is 0 Å². The van der Waals surface area contributed by atoms with E-state index in [4.69, 9.17) is 21.7 Å². The smallest absolute Gasteiger partial charge is 0.320 e. The van der Waals surface area contributed by atoms with E-state index in [9.17, 15) is 4.79 Å². The van der Waals surface area contributed by atoms with Gasteiger partial charge in [-0.1, -0.05) is 0 Å². The molecule has 15 heavy (non-hydrogen) atoms. The molecule has 1 aromatic rings. The van der Waals surface area contributed by atoms with Gasteiger partial charge in [-0.2, -0.15) is 0 Å². The Balaban J connectivity index is 0.000000423. The number of aromatic amines is 1. The van der Waals surface area contributed by atoms with E-state index in [1.54, 1.807) is 6.20 Å². The molecule has 1 heterocycles. The van der Waals surface area contributed by atoms with Gasteiger partial charge in [0.1, 0.15) is 6.04 Å². The number of carboxylic acid groups (broad SMARTS) is 1. The van der Waals surface area contributed by atoms with Gasteiger partial charge in [-0.25, -0.2) is 4.98 Å². The maximum absolute atomic E-state index is 10.3. The molecule has 0 saturated carbocycles. The van der Waals surface area contributed by atoms with E-state index >= 15 is 0 Å². The largest absolute Gasteiger partial charge is 0.480 e. The first-order valence-electron chi connectivity index (χ1n) is 4.38. The summed E-state index contributed by atoms with van der Waals surface area (Å²) in [6.07, 6.45) is 3.34. The highest BCUT2D eigenvalue weighted by molar-refractivity contribution is 5.73. The third kappa shape index (κ3) is 6.61. The summed E-state index contributed by atoms with van der Waals surface area (Å²) in [5.41, 5.74) is 10.8. The number of hydrogen-bond acceptors (Lipinski definition) is 5. The van der Waals surface area contributed by atoms with Gasteiger partial charge < -0.3 is 26.7 Å². The molecule has 7 nitrogen and oxygen atoms in total. The van der Waals surface area contributed by atoms with E-state index in [1.807, 2.05) is 0 Å². The Morgan fingerprint density at radius 1 is 1.67 bits per heavy atom. The van der Waals surface area contributed by atoms with E-state index in [0.29, 0.717) is 6.54 Å². The molecule has 0 saturated heterocycles. The highest BCUT2D eigenvalue weighted by Gasteiger charge is 2.11. The Hall–Kier alpha value is -1.44. The molecular formula is C8H16N4O3. The topological polar surface area (TPSA) is 138 Å². The van der Waals surface area contributed by atoms with Crippen LogP contribution in [0, 0.1) is 0 Å². The van der Waals surface area contributed by atoms with E-state index in [0.717, 1.165) is 5.69 Å². The predicted molar refractivity (Wildman–Crippen MR) is 54.0 cm³/mol. The standard InChI is InChI=1S/C6H9N3O2.C2H7NO/c7-5(6(10)11)1-4-2-8-3-9-4;3-1-2-4/h2-3,5H,1,7H2,(H,8,9)(H,10,11);4H,1-3H2/t5-;/m0./s1. The first-order chi connectivity index (χ1) is 7.11. The van der Waals surface area contributed by atoms with Crippen LogP contribution < -0.4 is 11.5 Å². The molecular weight excluding hydrogens is 200 g/mol. The Labute approximate surface area is 87.1 Å². The summed E-state index contributed by atoms with van der Waals surface area (Å²) >= 11 is 0. The maximum Gasteiger partial charge on any atom is 0.320 e. The molecule has 1 rings (SSSR count). The summed E-state index contributed by atoms with van der Waals surface area (Å²) in [6.45, 7) is 0.472. The molecule has 0 bridgehead atoms. The average molecular weight is 216 g/mol.